The van der Waals surface area contributed by atoms with Crippen molar-refractivity contribution in [3.05, 3.63) is 29.8 Å². The quantitative estimate of drug-likeness (QED) is 0.594. The Balaban J connectivity index is 2.19. The van der Waals surface area contributed by atoms with Crippen LogP contribution >= 0.6 is 0 Å². The minimum atomic E-state index is -0.956. The molecule has 0 aromatic heterocycles. The molecule has 1 aromatic rings. The van der Waals surface area contributed by atoms with Gasteiger partial charge in [-0.2, -0.15) is 0 Å². The minimum absolute atomic E-state index is 0.234. The lowest BCUT2D eigenvalue weighted by Crippen LogP contribution is -2.04. The zero-order valence-electron chi connectivity index (χ0n) is 10.2. The maximum atomic E-state index is 10.6. The molecular formula is C13H16O5. The number of aromatic carboxylic acids is 1. The fraction of sp³-hybridized carbons (Fsp3) is 0.385. The number of hydrogen-bond acceptors (Lipinski definition) is 4. The predicted molar refractivity (Wildman–Crippen MR) is 64.8 cm³/mol. The average Bonchev–Trinajstić information content (AvgIpc) is 2.34. The maximum Gasteiger partial charge on any atom is 0.335 e. The number of rotatable bonds is 7. The second-order valence-corrected chi connectivity index (χ2v) is 3.73. The average molecular weight is 252 g/mol. The van der Waals surface area contributed by atoms with Crippen molar-refractivity contribution in [3.8, 4) is 5.75 Å². The minimum Gasteiger partial charge on any atom is -0.494 e. The van der Waals surface area contributed by atoms with Crippen molar-refractivity contribution in [1.29, 1.82) is 0 Å². The Bertz CT molecular complexity index is 396. The first-order chi connectivity index (χ1) is 8.59. The maximum absolute atomic E-state index is 10.6. The highest BCUT2D eigenvalue weighted by Crippen LogP contribution is 2.12. The van der Waals surface area contributed by atoms with Crippen molar-refractivity contribution in [2.45, 2.75) is 19.8 Å². The molecule has 0 radical (unpaired) electrons. The number of carbonyl (C=O) groups is 2. The molecule has 1 rings (SSSR count). The van der Waals surface area contributed by atoms with Crippen LogP contribution in [0.4, 0.5) is 0 Å². The molecule has 0 saturated carbocycles. The Morgan fingerprint density at radius 3 is 2.28 bits per heavy atom. The molecule has 1 N–H and O–H groups in total. The molecular weight excluding hydrogens is 236 g/mol. The molecule has 0 aliphatic carbocycles. The Morgan fingerprint density at radius 1 is 1.11 bits per heavy atom. The van der Waals surface area contributed by atoms with Crippen LogP contribution in [0, 0.1) is 0 Å². The summed E-state index contributed by atoms with van der Waals surface area (Å²) in [6, 6.07) is 6.23. The summed E-state index contributed by atoms with van der Waals surface area (Å²) in [5, 5.41) is 8.71. The third-order valence-electron chi connectivity index (χ3n) is 2.21. The number of esters is 1. The SMILES string of the molecule is CC(=O)OCCCCOc1ccc(C(=O)O)cc1. The normalized spacial score (nSPS) is 9.83. The highest BCUT2D eigenvalue weighted by Gasteiger charge is 2.01. The molecule has 0 aliphatic rings. The molecule has 5 heteroatoms. The zero-order chi connectivity index (χ0) is 13.4. The van der Waals surface area contributed by atoms with E-state index in [1.54, 1.807) is 12.1 Å². The van der Waals surface area contributed by atoms with Gasteiger partial charge in [-0.25, -0.2) is 4.79 Å². The van der Waals surface area contributed by atoms with Gasteiger partial charge in [0.1, 0.15) is 5.75 Å². The molecule has 0 amide bonds. The number of hydrogen-bond donors (Lipinski definition) is 1. The fourth-order valence-corrected chi connectivity index (χ4v) is 1.30. The first-order valence-electron chi connectivity index (χ1n) is 5.69. The van der Waals surface area contributed by atoms with E-state index in [-0.39, 0.29) is 11.5 Å². The van der Waals surface area contributed by atoms with Gasteiger partial charge in [0.2, 0.25) is 0 Å². The fourth-order valence-electron chi connectivity index (χ4n) is 1.30. The van der Waals surface area contributed by atoms with Crippen molar-refractivity contribution in [3.63, 3.8) is 0 Å². The van der Waals surface area contributed by atoms with Gasteiger partial charge in [0.25, 0.3) is 0 Å². The topological polar surface area (TPSA) is 72.8 Å². The molecule has 1 aromatic carbocycles. The van der Waals surface area contributed by atoms with Crippen LogP contribution in [0.3, 0.4) is 0 Å². The van der Waals surface area contributed by atoms with E-state index in [1.165, 1.54) is 19.1 Å². The molecule has 5 nitrogen and oxygen atoms in total. The molecule has 0 heterocycles. The second kappa shape index (κ2) is 7.32. The molecule has 0 saturated heterocycles. The summed E-state index contributed by atoms with van der Waals surface area (Å²) in [6.45, 7) is 2.28. The third-order valence-corrected chi connectivity index (χ3v) is 2.21. The van der Waals surface area contributed by atoms with Crippen molar-refractivity contribution < 1.29 is 24.2 Å². The smallest absolute Gasteiger partial charge is 0.335 e. The Morgan fingerprint density at radius 2 is 1.72 bits per heavy atom. The standard InChI is InChI=1S/C13H16O5/c1-10(14)17-8-2-3-9-18-12-6-4-11(5-7-12)13(15)16/h4-7H,2-3,8-9H2,1H3,(H,15,16). The summed E-state index contributed by atoms with van der Waals surface area (Å²) in [7, 11) is 0. The van der Waals surface area contributed by atoms with Gasteiger partial charge in [0.05, 0.1) is 18.8 Å². The zero-order valence-corrected chi connectivity index (χ0v) is 10.2. The van der Waals surface area contributed by atoms with Crippen LogP contribution in [0.5, 0.6) is 5.75 Å². The molecule has 18 heavy (non-hydrogen) atoms. The Labute approximate surface area is 105 Å². The van der Waals surface area contributed by atoms with E-state index >= 15 is 0 Å². The molecule has 98 valence electrons. The van der Waals surface area contributed by atoms with Crippen molar-refractivity contribution in [2.24, 2.45) is 0 Å². The second-order valence-electron chi connectivity index (χ2n) is 3.73. The highest BCUT2D eigenvalue weighted by molar-refractivity contribution is 5.87. The van der Waals surface area contributed by atoms with Crippen LogP contribution < -0.4 is 4.74 Å². The summed E-state index contributed by atoms with van der Waals surface area (Å²) in [6.07, 6.45) is 1.51. The summed E-state index contributed by atoms with van der Waals surface area (Å²) < 4.78 is 10.2. The van der Waals surface area contributed by atoms with Crippen LogP contribution in [0.25, 0.3) is 0 Å². The highest BCUT2D eigenvalue weighted by atomic mass is 16.5. The number of unbranched alkanes of at least 4 members (excludes halogenated alkanes) is 1. The number of carboxylic acids is 1. The van der Waals surface area contributed by atoms with Gasteiger partial charge in [-0.3, -0.25) is 4.79 Å². The van der Waals surface area contributed by atoms with Crippen LogP contribution in [-0.2, 0) is 9.53 Å². The van der Waals surface area contributed by atoms with Gasteiger partial charge >= 0.3 is 11.9 Å². The molecule has 0 aliphatic heterocycles. The first-order valence-corrected chi connectivity index (χ1v) is 5.69. The lowest BCUT2D eigenvalue weighted by molar-refractivity contribution is -0.141. The lowest BCUT2D eigenvalue weighted by Gasteiger charge is -2.06. The van der Waals surface area contributed by atoms with Gasteiger partial charge < -0.3 is 14.6 Å². The molecule has 0 unspecified atom stereocenters. The van der Waals surface area contributed by atoms with E-state index in [0.717, 1.165) is 12.8 Å². The lowest BCUT2D eigenvalue weighted by atomic mass is 10.2. The first kappa shape index (κ1) is 14.0. The molecule has 0 spiro atoms. The number of benzene rings is 1. The summed E-state index contributed by atoms with van der Waals surface area (Å²) in [5.41, 5.74) is 0.234. The molecule has 0 atom stereocenters. The van der Waals surface area contributed by atoms with Gasteiger partial charge in [-0.15, -0.1) is 0 Å². The molecule has 0 bridgehead atoms. The third kappa shape index (κ3) is 5.34. The van der Waals surface area contributed by atoms with Gasteiger partial charge in [0, 0.05) is 6.92 Å². The van der Waals surface area contributed by atoms with Crippen LogP contribution in [0.1, 0.15) is 30.1 Å². The van der Waals surface area contributed by atoms with E-state index in [4.69, 9.17) is 14.6 Å². The van der Waals surface area contributed by atoms with Gasteiger partial charge in [-0.05, 0) is 37.1 Å². The number of carbonyl (C=O) groups excluding carboxylic acids is 1. The van der Waals surface area contributed by atoms with Crippen molar-refractivity contribution in [2.75, 3.05) is 13.2 Å². The summed E-state index contributed by atoms with van der Waals surface area (Å²) in [4.78, 5) is 21.1. The van der Waals surface area contributed by atoms with E-state index in [9.17, 15) is 9.59 Å². The predicted octanol–water partition coefficient (Wildman–Crippen LogP) is 2.11. The monoisotopic (exact) mass is 252 g/mol. The largest absolute Gasteiger partial charge is 0.494 e. The van der Waals surface area contributed by atoms with Crippen molar-refractivity contribution in [1.82, 2.24) is 0 Å². The van der Waals surface area contributed by atoms with E-state index in [1.807, 2.05) is 0 Å². The summed E-state index contributed by atoms with van der Waals surface area (Å²) >= 11 is 0. The van der Waals surface area contributed by atoms with E-state index in [0.29, 0.717) is 19.0 Å². The number of carboxylic acid groups (broad SMARTS) is 1. The van der Waals surface area contributed by atoms with E-state index in [2.05, 4.69) is 0 Å². The van der Waals surface area contributed by atoms with Crippen LogP contribution in [0.15, 0.2) is 24.3 Å². The number of ether oxygens (including phenoxy) is 2. The summed E-state index contributed by atoms with van der Waals surface area (Å²) in [5.74, 6) is -0.601. The van der Waals surface area contributed by atoms with Crippen molar-refractivity contribution >= 4 is 11.9 Å². The Kier molecular flexibility index (Phi) is 5.70. The van der Waals surface area contributed by atoms with Crippen LogP contribution in [0.2, 0.25) is 0 Å². The Hall–Kier alpha value is -2.04. The molecule has 0 fully saturated rings. The van der Waals surface area contributed by atoms with Crippen LogP contribution in [-0.4, -0.2) is 30.3 Å². The van der Waals surface area contributed by atoms with Gasteiger partial charge in [0.15, 0.2) is 0 Å². The van der Waals surface area contributed by atoms with E-state index < -0.39 is 5.97 Å². The van der Waals surface area contributed by atoms with Gasteiger partial charge in [-0.1, -0.05) is 0 Å².